The predicted octanol–water partition coefficient (Wildman–Crippen LogP) is 0.858. The Bertz CT molecular complexity index is 330. The number of nitrogens with zero attached hydrogens (tertiary/aromatic N) is 1. The summed E-state index contributed by atoms with van der Waals surface area (Å²) < 4.78 is 18.2. The molecule has 0 heterocycles. The molecule has 0 aliphatic heterocycles. The molecule has 5 heteroatoms. The van der Waals surface area contributed by atoms with Crippen LogP contribution in [-0.4, -0.2) is 26.1 Å². The molecular formula is C10H16FN3O. The monoisotopic (exact) mass is 213 g/mol. The third-order valence-electron chi connectivity index (χ3n) is 2.17. The largest absolute Gasteiger partial charge is 0.494 e. The summed E-state index contributed by atoms with van der Waals surface area (Å²) in [5, 5.41) is 0. The Labute approximate surface area is 88.8 Å². The molecular weight excluding hydrogens is 197 g/mol. The molecule has 0 fully saturated rings. The Morgan fingerprint density at radius 2 is 2.13 bits per heavy atom. The molecule has 0 amide bonds. The lowest BCUT2D eigenvalue weighted by molar-refractivity contribution is 0.252. The number of ether oxygens (including phenoxy) is 1. The molecule has 1 atom stereocenters. The summed E-state index contributed by atoms with van der Waals surface area (Å²) in [6.45, 7) is 0. The van der Waals surface area contributed by atoms with Crippen molar-refractivity contribution in [3.63, 3.8) is 0 Å². The summed E-state index contributed by atoms with van der Waals surface area (Å²) in [4.78, 5) is 1.85. The maximum atomic E-state index is 13.4. The second-order valence-electron chi connectivity index (χ2n) is 3.43. The van der Waals surface area contributed by atoms with Gasteiger partial charge >= 0.3 is 0 Å². The Hall–Kier alpha value is -1.17. The lowest BCUT2D eigenvalue weighted by Gasteiger charge is -2.23. The molecule has 0 radical (unpaired) electrons. The highest BCUT2D eigenvalue weighted by molar-refractivity contribution is 5.30. The molecule has 0 spiro atoms. The van der Waals surface area contributed by atoms with Crippen LogP contribution in [-0.2, 0) is 0 Å². The van der Waals surface area contributed by atoms with Crippen molar-refractivity contribution in [1.29, 1.82) is 0 Å². The topological polar surface area (TPSA) is 50.5 Å². The average Bonchev–Trinajstić information content (AvgIpc) is 2.18. The number of hydrogen-bond donors (Lipinski definition) is 2. The van der Waals surface area contributed by atoms with Crippen LogP contribution in [0.3, 0.4) is 0 Å². The number of nitrogens with one attached hydrogen (secondary N) is 1. The van der Waals surface area contributed by atoms with Gasteiger partial charge in [-0.3, -0.25) is 10.7 Å². The van der Waals surface area contributed by atoms with Crippen LogP contribution in [0.25, 0.3) is 0 Å². The molecule has 15 heavy (non-hydrogen) atoms. The van der Waals surface area contributed by atoms with Crippen LogP contribution in [0.15, 0.2) is 18.2 Å². The number of hydrazine groups is 1. The van der Waals surface area contributed by atoms with Crippen LogP contribution >= 0.6 is 0 Å². The minimum Gasteiger partial charge on any atom is -0.494 e. The number of benzene rings is 1. The van der Waals surface area contributed by atoms with E-state index in [0.717, 1.165) is 5.56 Å². The van der Waals surface area contributed by atoms with E-state index in [1.807, 2.05) is 19.0 Å². The van der Waals surface area contributed by atoms with Crippen molar-refractivity contribution in [1.82, 2.24) is 10.3 Å². The minimum atomic E-state index is -0.392. The van der Waals surface area contributed by atoms with E-state index in [1.165, 1.54) is 13.2 Å². The van der Waals surface area contributed by atoms with Crippen LogP contribution in [0.1, 0.15) is 11.7 Å². The average molecular weight is 213 g/mol. The highest BCUT2D eigenvalue weighted by Gasteiger charge is 2.13. The van der Waals surface area contributed by atoms with Crippen molar-refractivity contribution in [2.75, 3.05) is 21.2 Å². The Morgan fingerprint density at radius 1 is 1.47 bits per heavy atom. The van der Waals surface area contributed by atoms with Gasteiger partial charge in [0.1, 0.15) is 0 Å². The summed E-state index contributed by atoms with van der Waals surface area (Å²) in [6.07, 6.45) is -0.217. The van der Waals surface area contributed by atoms with E-state index in [4.69, 9.17) is 10.6 Å². The van der Waals surface area contributed by atoms with E-state index in [-0.39, 0.29) is 11.9 Å². The van der Waals surface area contributed by atoms with Gasteiger partial charge in [-0.2, -0.15) is 0 Å². The van der Waals surface area contributed by atoms with Crippen molar-refractivity contribution in [3.05, 3.63) is 29.6 Å². The zero-order chi connectivity index (χ0) is 11.4. The normalized spacial score (nSPS) is 12.9. The van der Waals surface area contributed by atoms with Gasteiger partial charge in [0.05, 0.1) is 13.3 Å². The first kappa shape index (κ1) is 11.9. The molecule has 1 aromatic rings. The van der Waals surface area contributed by atoms with E-state index in [0.29, 0.717) is 0 Å². The lowest BCUT2D eigenvalue weighted by Crippen LogP contribution is -2.37. The number of hydrogen-bond acceptors (Lipinski definition) is 4. The van der Waals surface area contributed by atoms with Gasteiger partial charge in [0, 0.05) is 0 Å². The number of methoxy groups -OCH3 is 1. The van der Waals surface area contributed by atoms with E-state index in [1.54, 1.807) is 12.1 Å². The van der Waals surface area contributed by atoms with Crippen LogP contribution in [0, 0.1) is 5.82 Å². The Morgan fingerprint density at radius 3 is 2.53 bits per heavy atom. The van der Waals surface area contributed by atoms with Gasteiger partial charge < -0.3 is 4.74 Å². The second-order valence-corrected chi connectivity index (χ2v) is 3.43. The Balaban J connectivity index is 3.00. The van der Waals surface area contributed by atoms with Crippen molar-refractivity contribution in [3.8, 4) is 5.75 Å². The molecule has 0 bridgehead atoms. The third kappa shape index (κ3) is 2.65. The van der Waals surface area contributed by atoms with Gasteiger partial charge in [-0.15, -0.1) is 0 Å². The number of nitrogens with two attached hydrogens (primary N) is 1. The predicted molar refractivity (Wildman–Crippen MR) is 56.7 cm³/mol. The van der Waals surface area contributed by atoms with Gasteiger partial charge in [0.2, 0.25) is 0 Å². The van der Waals surface area contributed by atoms with Gasteiger partial charge in [-0.05, 0) is 31.8 Å². The van der Waals surface area contributed by atoms with E-state index in [9.17, 15) is 4.39 Å². The summed E-state index contributed by atoms with van der Waals surface area (Å²) in [6, 6.07) is 4.76. The summed E-state index contributed by atoms with van der Waals surface area (Å²) in [7, 11) is 5.14. The molecule has 0 aliphatic rings. The highest BCUT2D eigenvalue weighted by Crippen LogP contribution is 2.22. The highest BCUT2D eigenvalue weighted by atomic mass is 19.1. The smallest absolute Gasteiger partial charge is 0.165 e. The maximum Gasteiger partial charge on any atom is 0.165 e. The van der Waals surface area contributed by atoms with E-state index in [2.05, 4.69) is 5.43 Å². The first-order valence-electron chi connectivity index (χ1n) is 4.56. The molecule has 3 N–H and O–H groups in total. The molecule has 84 valence electrons. The summed E-state index contributed by atoms with van der Waals surface area (Å²) in [5.74, 6) is 5.22. The number of halogens is 1. The third-order valence-corrected chi connectivity index (χ3v) is 2.17. The lowest BCUT2D eigenvalue weighted by atomic mass is 10.1. The molecule has 4 nitrogen and oxygen atoms in total. The van der Waals surface area contributed by atoms with Gasteiger partial charge in [-0.1, -0.05) is 6.07 Å². The fourth-order valence-corrected chi connectivity index (χ4v) is 1.40. The summed E-state index contributed by atoms with van der Waals surface area (Å²) >= 11 is 0. The zero-order valence-electron chi connectivity index (χ0n) is 9.12. The van der Waals surface area contributed by atoms with Crippen molar-refractivity contribution in [2.45, 2.75) is 6.17 Å². The summed E-state index contributed by atoms with van der Waals surface area (Å²) in [5.41, 5.74) is 3.35. The Kier molecular flexibility index (Phi) is 4.02. The van der Waals surface area contributed by atoms with Crippen molar-refractivity contribution < 1.29 is 9.13 Å². The van der Waals surface area contributed by atoms with Crippen molar-refractivity contribution >= 4 is 0 Å². The van der Waals surface area contributed by atoms with E-state index >= 15 is 0 Å². The molecule has 0 aliphatic carbocycles. The standard InChI is InChI=1S/C10H16FN3O/c1-14(2)10(13-12)7-4-5-9(15-3)8(11)6-7/h4-6,10,13H,12H2,1-3H3. The fraction of sp³-hybridized carbons (Fsp3) is 0.400. The van der Waals surface area contributed by atoms with Crippen molar-refractivity contribution in [2.24, 2.45) is 5.84 Å². The van der Waals surface area contributed by atoms with Crippen LogP contribution in [0.2, 0.25) is 0 Å². The molecule has 0 saturated carbocycles. The fourth-order valence-electron chi connectivity index (χ4n) is 1.40. The molecule has 0 saturated heterocycles. The van der Waals surface area contributed by atoms with Crippen LogP contribution < -0.4 is 16.0 Å². The zero-order valence-corrected chi connectivity index (χ0v) is 9.12. The maximum absolute atomic E-state index is 13.4. The molecule has 1 unspecified atom stereocenters. The minimum absolute atomic E-state index is 0.217. The van der Waals surface area contributed by atoms with Gasteiger partial charge in [0.15, 0.2) is 11.6 Å². The van der Waals surface area contributed by atoms with Crippen LogP contribution in [0.5, 0.6) is 5.75 Å². The SMILES string of the molecule is COc1ccc(C(NN)N(C)C)cc1F. The second kappa shape index (κ2) is 5.06. The molecule has 1 rings (SSSR count). The van der Waals surface area contributed by atoms with Crippen LogP contribution in [0.4, 0.5) is 4.39 Å². The van der Waals surface area contributed by atoms with Gasteiger partial charge in [-0.25, -0.2) is 9.82 Å². The quantitative estimate of drug-likeness (QED) is 0.442. The van der Waals surface area contributed by atoms with E-state index < -0.39 is 5.82 Å². The molecule has 0 aromatic heterocycles. The first-order valence-corrected chi connectivity index (χ1v) is 4.56. The number of rotatable bonds is 4. The molecule has 1 aromatic carbocycles. The van der Waals surface area contributed by atoms with Gasteiger partial charge in [0.25, 0.3) is 0 Å². The first-order chi connectivity index (χ1) is 7.10.